The summed E-state index contributed by atoms with van der Waals surface area (Å²) in [5.41, 5.74) is 3.12. The third-order valence-electron chi connectivity index (χ3n) is 3.44. The second-order valence-electron chi connectivity index (χ2n) is 5.09. The van der Waals surface area contributed by atoms with Gasteiger partial charge < -0.3 is 9.67 Å². The molecule has 0 radical (unpaired) electrons. The molecule has 0 fully saturated rings. The van der Waals surface area contributed by atoms with Gasteiger partial charge in [0.25, 0.3) is 0 Å². The first-order valence-electron chi connectivity index (χ1n) is 6.26. The van der Waals surface area contributed by atoms with E-state index >= 15 is 0 Å². The highest BCUT2D eigenvalue weighted by Gasteiger charge is 2.20. The lowest BCUT2D eigenvalue weighted by atomic mass is 9.99. The fourth-order valence-electron chi connectivity index (χ4n) is 2.59. The molecule has 0 saturated heterocycles. The maximum atomic E-state index is 11.2. The Morgan fingerprint density at radius 2 is 1.94 bits per heavy atom. The molecule has 0 aliphatic rings. The summed E-state index contributed by atoms with van der Waals surface area (Å²) in [5.74, 6) is -1.27. The third kappa shape index (κ3) is 1.90. The highest BCUT2D eigenvalue weighted by molar-refractivity contribution is 5.89. The van der Waals surface area contributed by atoms with E-state index in [-0.39, 0.29) is 0 Å². The lowest BCUT2D eigenvalue weighted by Crippen LogP contribution is -2.11. The van der Waals surface area contributed by atoms with Crippen molar-refractivity contribution in [2.24, 2.45) is 0 Å². The van der Waals surface area contributed by atoms with Crippen LogP contribution in [0.2, 0.25) is 0 Å². The average Bonchev–Trinajstić information content (AvgIpc) is 2.63. The van der Waals surface area contributed by atoms with Gasteiger partial charge in [-0.15, -0.1) is 0 Å². The second-order valence-corrected chi connectivity index (χ2v) is 5.09. The number of hydrogen-bond donors (Lipinski definition) is 1. The van der Waals surface area contributed by atoms with E-state index in [4.69, 9.17) is 0 Å². The normalized spacial score (nSPS) is 13.2. The molecule has 2 rings (SSSR count). The number of fused-ring (bicyclic) bond motifs is 1. The molecule has 0 amide bonds. The molecule has 18 heavy (non-hydrogen) atoms. The number of para-hydroxylation sites is 1. The first-order chi connectivity index (χ1) is 8.43. The van der Waals surface area contributed by atoms with Crippen molar-refractivity contribution in [3.63, 3.8) is 0 Å². The molecule has 0 saturated carbocycles. The number of benzene rings is 1. The van der Waals surface area contributed by atoms with Gasteiger partial charge in [0.1, 0.15) is 0 Å². The van der Waals surface area contributed by atoms with Gasteiger partial charge >= 0.3 is 5.97 Å². The van der Waals surface area contributed by atoms with Crippen LogP contribution in [-0.4, -0.2) is 15.6 Å². The molecular weight excluding hydrogens is 226 g/mol. The van der Waals surface area contributed by atoms with Gasteiger partial charge in [-0.2, -0.15) is 0 Å². The molecule has 1 unspecified atom stereocenters. The molecule has 3 nitrogen and oxygen atoms in total. The molecule has 96 valence electrons. The van der Waals surface area contributed by atoms with Crippen LogP contribution in [0.4, 0.5) is 0 Å². The van der Waals surface area contributed by atoms with Gasteiger partial charge in [0, 0.05) is 17.1 Å². The SMILES string of the molecule is Cc1cc2cccc(C(C)C(=O)O)c2n1C(C)C. The standard InChI is InChI=1S/C15H19NO2/c1-9(2)16-10(3)8-12-6-5-7-13(14(12)16)11(4)15(17)18/h5-9,11H,1-4H3,(H,17,18). The number of carboxylic acids is 1. The molecule has 0 aliphatic heterocycles. The number of hydrogen-bond acceptors (Lipinski definition) is 1. The van der Waals surface area contributed by atoms with Gasteiger partial charge in [0.05, 0.1) is 11.4 Å². The van der Waals surface area contributed by atoms with E-state index in [1.165, 1.54) is 5.69 Å². The van der Waals surface area contributed by atoms with E-state index in [2.05, 4.69) is 31.4 Å². The van der Waals surface area contributed by atoms with Crippen LogP contribution in [0.25, 0.3) is 10.9 Å². The fraction of sp³-hybridized carbons (Fsp3) is 0.400. The zero-order valence-electron chi connectivity index (χ0n) is 11.3. The molecule has 0 bridgehead atoms. The van der Waals surface area contributed by atoms with Crippen molar-refractivity contribution in [3.8, 4) is 0 Å². The third-order valence-corrected chi connectivity index (χ3v) is 3.44. The van der Waals surface area contributed by atoms with Crippen LogP contribution in [0, 0.1) is 6.92 Å². The molecular formula is C15H19NO2. The summed E-state index contributed by atoms with van der Waals surface area (Å²) >= 11 is 0. The number of aromatic nitrogens is 1. The number of carbonyl (C=O) groups is 1. The summed E-state index contributed by atoms with van der Waals surface area (Å²) in [7, 11) is 0. The minimum absolute atomic E-state index is 0.324. The number of nitrogens with zero attached hydrogens (tertiary/aromatic N) is 1. The van der Waals surface area contributed by atoms with Crippen molar-refractivity contribution < 1.29 is 9.90 Å². The Kier molecular flexibility index (Phi) is 3.16. The van der Waals surface area contributed by atoms with Crippen molar-refractivity contribution in [2.75, 3.05) is 0 Å². The van der Waals surface area contributed by atoms with Crippen molar-refractivity contribution in [1.82, 2.24) is 4.57 Å². The van der Waals surface area contributed by atoms with Gasteiger partial charge in [-0.25, -0.2) is 0 Å². The zero-order chi connectivity index (χ0) is 13.4. The Hall–Kier alpha value is -1.77. The lowest BCUT2D eigenvalue weighted by Gasteiger charge is -2.17. The largest absolute Gasteiger partial charge is 0.481 e. The smallest absolute Gasteiger partial charge is 0.310 e. The van der Waals surface area contributed by atoms with E-state index in [1.807, 2.05) is 18.2 Å². The maximum absolute atomic E-state index is 11.2. The van der Waals surface area contributed by atoms with E-state index in [1.54, 1.807) is 6.92 Å². The van der Waals surface area contributed by atoms with E-state index in [0.29, 0.717) is 6.04 Å². The van der Waals surface area contributed by atoms with Crippen LogP contribution in [0.5, 0.6) is 0 Å². The highest BCUT2D eigenvalue weighted by atomic mass is 16.4. The van der Waals surface area contributed by atoms with Crippen molar-refractivity contribution in [3.05, 3.63) is 35.5 Å². The molecule has 1 aromatic heterocycles. The van der Waals surface area contributed by atoms with Gasteiger partial charge in [-0.3, -0.25) is 4.79 Å². The number of rotatable bonds is 3. The average molecular weight is 245 g/mol. The minimum atomic E-state index is -0.781. The molecule has 3 heteroatoms. The quantitative estimate of drug-likeness (QED) is 0.895. The van der Waals surface area contributed by atoms with Gasteiger partial charge in [0.15, 0.2) is 0 Å². The number of carboxylic acid groups (broad SMARTS) is 1. The topological polar surface area (TPSA) is 42.2 Å². The van der Waals surface area contributed by atoms with Gasteiger partial charge in [-0.05, 0) is 39.3 Å². The van der Waals surface area contributed by atoms with Crippen LogP contribution in [0.15, 0.2) is 24.3 Å². The predicted octanol–water partition coefficient (Wildman–Crippen LogP) is 3.72. The molecule has 0 spiro atoms. The fourth-order valence-corrected chi connectivity index (χ4v) is 2.59. The summed E-state index contributed by atoms with van der Waals surface area (Å²) in [5, 5.41) is 10.3. The van der Waals surface area contributed by atoms with Crippen LogP contribution >= 0.6 is 0 Å². The Labute approximate surface area is 107 Å². The lowest BCUT2D eigenvalue weighted by molar-refractivity contribution is -0.138. The minimum Gasteiger partial charge on any atom is -0.481 e. The van der Waals surface area contributed by atoms with Gasteiger partial charge in [-0.1, -0.05) is 18.2 Å². The van der Waals surface area contributed by atoms with Crippen molar-refractivity contribution >= 4 is 16.9 Å². The van der Waals surface area contributed by atoms with E-state index < -0.39 is 11.9 Å². The van der Waals surface area contributed by atoms with Crippen molar-refractivity contribution in [1.29, 1.82) is 0 Å². The summed E-state index contributed by atoms with van der Waals surface area (Å²) in [6, 6.07) is 8.33. The molecule has 2 aromatic rings. The van der Waals surface area contributed by atoms with Crippen LogP contribution in [0.1, 0.15) is 44.0 Å². The summed E-state index contributed by atoms with van der Waals surface area (Å²) in [6.07, 6.45) is 0. The summed E-state index contributed by atoms with van der Waals surface area (Å²) in [6.45, 7) is 8.04. The molecule has 1 aromatic carbocycles. The first-order valence-corrected chi connectivity index (χ1v) is 6.26. The number of aryl methyl sites for hydroxylation is 1. The summed E-state index contributed by atoms with van der Waals surface area (Å²) in [4.78, 5) is 11.2. The highest BCUT2D eigenvalue weighted by Crippen LogP contribution is 2.31. The van der Waals surface area contributed by atoms with E-state index in [9.17, 15) is 9.90 Å². The molecule has 0 aliphatic carbocycles. The monoisotopic (exact) mass is 245 g/mol. The summed E-state index contributed by atoms with van der Waals surface area (Å²) < 4.78 is 2.21. The Balaban J connectivity index is 2.78. The van der Waals surface area contributed by atoms with Gasteiger partial charge in [0.2, 0.25) is 0 Å². The van der Waals surface area contributed by atoms with E-state index in [0.717, 1.165) is 16.5 Å². The zero-order valence-corrected chi connectivity index (χ0v) is 11.3. The maximum Gasteiger partial charge on any atom is 0.310 e. The Bertz CT molecular complexity index is 596. The molecule has 1 atom stereocenters. The van der Waals surface area contributed by atoms with Crippen LogP contribution < -0.4 is 0 Å². The second kappa shape index (κ2) is 4.48. The predicted molar refractivity (Wildman–Crippen MR) is 73.1 cm³/mol. The molecule has 1 N–H and O–H groups in total. The Morgan fingerprint density at radius 3 is 2.50 bits per heavy atom. The number of aliphatic carboxylic acids is 1. The van der Waals surface area contributed by atoms with Crippen LogP contribution in [0.3, 0.4) is 0 Å². The Morgan fingerprint density at radius 1 is 1.28 bits per heavy atom. The molecule has 1 heterocycles. The van der Waals surface area contributed by atoms with Crippen LogP contribution in [-0.2, 0) is 4.79 Å². The van der Waals surface area contributed by atoms with Crippen molar-refractivity contribution in [2.45, 2.75) is 39.7 Å². The first kappa shape index (κ1) is 12.7.